The summed E-state index contributed by atoms with van der Waals surface area (Å²) >= 11 is 0. The number of imide groups is 1. The molecule has 2 N–H and O–H groups in total. The van der Waals surface area contributed by atoms with Gasteiger partial charge in [0.25, 0.3) is 0 Å². The van der Waals surface area contributed by atoms with Crippen molar-refractivity contribution in [3.05, 3.63) is 29.8 Å². The second-order valence-electron chi connectivity index (χ2n) is 10.4. The molecular weight excluding hydrogens is 464 g/mol. The quantitative estimate of drug-likeness (QED) is 0.567. The van der Waals surface area contributed by atoms with Gasteiger partial charge < -0.3 is 25.0 Å². The highest BCUT2D eigenvalue weighted by Gasteiger charge is 2.57. The van der Waals surface area contributed by atoms with Crippen LogP contribution in [0.4, 0.5) is 4.79 Å². The largest absolute Gasteiger partial charge is 0.497 e. The Morgan fingerprint density at radius 3 is 2.19 bits per heavy atom. The monoisotopic (exact) mass is 498 g/mol. The van der Waals surface area contributed by atoms with Crippen LogP contribution in [-0.4, -0.2) is 96.0 Å². The van der Waals surface area contributed by atoms with Gasteiger partial charge in [-0.3, -0.25) is 9.59 Å². The minimum Gasteiger partial charge on any atom is -0.497 e. The minimum atomic E-state index is -1.13. The number of rotatable bonds is 6. The second-order valence-corrected chi connectivity index (χ2v) is 10.4. The summed E-state index contributed by atoms with van der Waals surface area (Å²) in [6, 6.07) is 5.93. The molecule has 1 aromatic rings. The summed E-state index contributed by atoms with van der Waals surface area (Å²) in [6.07, 6.45) is 3.92. The smallest absolute Gasteiger partial charge is 0.327 e. The molecule has 36 heavy (non-hydrogen) atoms. The lowest BCUT2D eigenvalue weighted by atomic mass is 9.78. The van der Waals surface area contributed by atoms with Gasteiger partial charge in [-0.05, 0) is 68.8 Å². The summed E-state index contributed by atoms with van der Waals surface area (Å²) in [5.41, 5.74) is 0.462. The number of aliphatic carboxylic acids is 1. The Kier molecular flexibility index (Phi) is 6.63. The fraction of sp³-hybridized carbons (Fsp3) is 0.615. The number of nitrogens with one attached hydrogen (secondary N) is 1. The zero-order valence-corrected chi connectivity index (χ0v) is 20.6. The van der Waals surface area contributed by atoms with Gasteiger partial charge in [0.2, 0.25) is 11.8 Å². The molecule has 3 aliphatic heterocycles. The highest BCUT2D eigenvalue weighted by molar-refractivity contribution is 6.07. The number of hydrogen-bond acceptors (Lipinski definition) is 6. The number of carboxylic acid groups (broad SMARTS) is 1. The van der Waals surface area contributed by atoms with Crippen LogP contribution in [-0.2, 0) is 19.8 Å². The van der Waals surface area contributed by atoms with Gasteiger partial charge in [-0.25, -0.2) is 14.5 Å². The Morgan fingerprint density at radius 1 is 1.03 bits per heavy atom. The highest BCUT2D eigenvalue weighted by Crippen LogP contribution is 2.50. The van der Waals surface area contributed by atoms with Crippen LogP contribution in [0.2, 0.25) is 0 Å². The molecule has 1 aliphatic carbocycles. The Labute approximate surface area is 210 Å². The van der Waals surface area contributed by atoms with Crippen LogP contribution in [0.5, 0.6) is 5.75 Å². The number of methoxy groups -OCH3 is 1. The summed E-state index contributed by atoms with van der Waals surface area (Å²) in [6.45, 7) is 3.02. The minimum absolute atomic E-state index is 0.0604. The van der Waals surface area contributed by atoms with Crippen molar-refractivity contribution in [2.75, 3.05) is 46.4 Å². The zero-order valence-electron chi connectivity index (χ0n) is 20.6. The number of urea groups is 1. The zero-order chi connectivity index (χ0) is 25.4. The first-order valence-electron chi connectivity index (χ1n) is 12.8. The molecule has 5 rings (SSSR count). The molecule has 0 bridgehead atoms. The number of β-lactam (4-membered cyclic amide) rings is 1. The lowest BCUT2D eigenvalue weighted by Gasteiger charge is -2.47. The fourth-order valence-electron chi connectivity index (χ4n) is 5.97. The van der Waals surface area contributed by atoms with Crippen molar-refractivity contribution in [2.45, 2.75) is 43.6 Å². The van der Waals surface area contributed by atoms with Crippen molar-refractivity contribution in [3.63, 3.8) is 0 Å². The molecule has 0 spiro atoms. The van der Waals surface area contributed by atoms with Crippen LogP contribution < -0.4 is 10.1 Å². The average Bonchev–Trinajstić information content (AvgIpc) is 3.72. The molecule has 4 amide bonds. The van der Waals surface area contributed by atoms with Crippen molar-refractivity contribution < 1.29 is 29.0 Å². The van der Waals surface area contributed by atoms with Crippen LogP contribution in [0.1, 0.15) is 37.7 Å². The van der Waals surface area contributed by atoms with Crippen LogP contribution in [0.15, 0.2) is 24.3 Å². The molecular formula is C26H34N4O6. The van der Waals surface area contributed by atoms with E-state index in [0.717, 1.165) is 55.0 Å². The molecule has 4 aliphatic rings. The lowest BCUT2D eigenvalue weighted by molar-refractivity contribution is -0.167. The second kappa shape index (κ2) is 9.72. The van der Waals surface area contributed by atoms with E-state index in [9.17, 15) is 24.3 Å². The number of carbonyl (C=O) groups is 4. The van der Waals surface area contributed by atoms with E-state index >= 15 is 0 Å². The molecule has 4 fully saturated rings. The number of likely N-dealkylation sites (tertiary alicyclic amines) is 1. The Balaban J connectivity index is 1.18. The van der Waals surface area contributed by atoms with Crippen LogP contribution >= 0.6 is 0 Å². The summed E-state index contributed by atoms with van der Waals surface area (Å²) < 4.78 is 5.22. The fourth-order valence-corrected chi connectivity index (χ4v) is 5.97. The van der Waals surface area contributed by atoms with Gasteiger partial charge in [0.15, 0.2) is 6.04 Å². The van der Waals surface area contributed by atoms with E-state index in [2.05, 4.69) is 5.32 Å². The summed E-state index contributed by atoms with van der Waals surface area (Å²) in [5.74, 6) is -1.06. The van der Waals surface area contributed by atoms with Gasteiger partial charge in [-0.2, -0.15) is 0 Å². The Bertz CT molecular complexity index is 1030. The maximum absolute atomic E-state index is 13.4. The summed E-state index contributed by atoms with van der Waals surface area (Å²) in [7, 11) is 1.61. The maximum atomic E-state index is 13.4. The first kappa shape index (κ1) is 24.5. The maximum Gasteiger partial charge on any atom is 0.327 e. The topological polar surface area (TPSA) is 119 Å². The van der Waals surface area contributed by atoms with E-state index in [1.54, 1.807) is 12.0 Å². The van der Waals surface area contributed by atoms with Crippen LogP contribution in [0.3, 0.4) is 0 Å². The van der Waals surface area contributed by atoms with Gasteiger partial charge in [-0.1, -0.05) is 12.1 Å². The predicted octanol–water partition coefficient (Wildman–Crippen LogP) is 1.29. The Hall–Kier alpha value is -3.14. The van der Waals surface area contributed by atoms with Gasteiger partial charge in [0.05, 0.1) is 18.4 Å². The van der Waals surface area contributed by atoms with E-state index in [-0.39, 0.29) is 24.9 Å². The number of carboxylic acids is 1. The van der Waals surface area contributed by atoms with Gasteiger partial charge in [0, 0.05) is 26.2 Å². The van der Waals surface area contributed by atoms with Crippen molar-refractivity contribution in [2.24, 2.45) is 11.8 Å². The number of amides is 4. The summed E-state index contributed by atoms with van der Waals surface area (Å²) in [4.78, 5) is 55.6. The summed E-state index contributed by atoms with van der Waals surface area (Å²) in [5, 5.41) is 13.1. The molecule has 2 atom stereocenters. The molecule has 1 aromatic carbocycles. The molecule has 0 radical (unpaired) electrons. The third-order valence-corrected chi connectivity index (χ3v) is 8.36. The van der Waals surface area contributed by atoms with E-state index < -0.39 is 29.4 Å². The first-order valence-corrected chi connectivity index (χ1v) is 12.8. The van der Waals surface area contributed by atoms with Crippen molar-refractivity contribution in [3.8, 4) is 5.75 Å². The van der Waals surface area contributed by atoms with Gasteiger partial charge in [-0.15, -0.1) is 0 Å². The molecule has 10 heteroatoms. The number of benzene rings is 1. The molecule has 0 aromatic heterocycles. The molecule has 1 saturated carbocycles. The van der Waals surface area contributed by atoms with E-state index in [1.165, 1.54) is 4.90 Å². The SMILES string of the molecule is COc1ccc(C2(C(=O)N3CCN(C(=O)N4C(=O)[C@H](CC5CCNCC5)[C@H]4C(=O)O)CC3)CC2)cc1. The van der Waals surface area contributed by atoms with Crippen LogP contribution in [0, 0.1) is 11.8 Å². The lowest BCUT2D eigenvalue weighted by Crippen LogP contribution is -2.69. The molecule has 0 unspecified atom stereocenters. The standard InChI is InChI=1S/C26H34N4O6/c1-36-19-4-2-18(3-5-19)26(8-9-26)24(34)28-12-14-29(15-13-28)25(35)30-21(23(32)33)20(22(30)31)16-17-6-10-27-11-7-17/h2-5,17,20-21,27H,6-16H2,1H3,(H,32,33)/t20-,21+/m1/s1. The van der Waals surface area contributed by atoms with E-state index in [4.69, 9.17) is 4.74 Å². The number of ether oxygens (including phenoxy) is 1. The van der Waals surface area contributed by atoms with Crippen molar-refractivity contribution >= 4 is 23.8 Å². The predicted molar refractivity (Wildman–Crippen MR) is 129 cm³/mol. The molecule has 3 heterocycles. The molecule has 3 saturated heterocycles. The van der Waals surface area contributed by atoms with E-state index in [0.29, 0.717) is 25.4 Å². The molecule has 194 valence electrons. The number of hydrogen-bond donors (Lipinski definition) is 2. The number of nitrogens with zero attached hydrogens (tertiary/aromatic N) is 3. The third-order valence-electron chi connectivity index (χ3n) is 8.36. The number of piperidine rings is 1. The third kappa shape index (κ3) is 4.31. The van der Waals surface area contributed by atoms with E-state index in [1.807, 2.05) is 24.3 Å². The molecule has 10 nitrogen and oxygen atoms in total. The van der Waals surface area contributed by atoms with Crippen molar-refractivity contribution in [1.29, 1.82) is 0 Å². The van der Waals surface area contributed by atoms with Gasteiger partial charge >= 0.3 is 12.0 Å². The van der Waals surface area contributed by atoms with Crippen molar-refractivity contribution in [1.82, 2.24) is 20.0 Å². The van der Waals surface area contributed by atoms with Gasteiger partial charge in [0.1, 0.15) is 5.75 Å². The average molecular weight is 499 g/mol. The number of carbonyl (C=O) groups excluding carboxylic acids is 3. The first-order chi connectivity index (χ1) is 17.4. The normalized spacial score (nSPS) is 25.8. The highest BCUT2D eigenvalue weighted by atomic mass is 16.5. The van der Waals surface area contributed by atoms with Crippen LogP contribution in [0.25, 0.3) is 0 Å². The number of piperazine rings is 1. The Morgan fingerprint density at radius 2 is 1.64 bits per heavy atom.